The summed E-state index contributed by atoms with van der Waals surface area (Å²) in [5, 5.41) is 4.68. The molecule has 5 heteroatoms. The van der Waals surface area contributed by atoms with E-state index in [2.05, 4.69) is 51.8 Å². The van der Waals surface area contributed by atoms with E-state index in [1.165, 1.54) is 10.6 Å². The molecule has 4 nitrogen and oxygen atoms in total. The number of morpholine rings is 1. The molecule has 0 saturated carbocycles. The highest BCUT2D eigenvalue weighted by Crippen LogP contribution is 2.33. The van der Waals surface area contributed by atoms with E-state index in [0.29, 0.717) is 18.0 Å². The Morgan fingerprint density at radius 2 is 2.05 bits per heavy atom. The second-order valence-electron chi connectivity index (χ2n) is 6.64. The first-order valence-corrected chi connectivity index (χ1v) is 8.81. The third kappa shape index (κ3) is 4.18. The SMILES string of the molecule is CC(C)NCc1sc(N2CC(C)OCC2C)nc1C(C)C. The van der Waals surface area contributed by atoms with E-state index in [9.17, 15) is 0 Å². The van der Waals surface area contributed by atoms with Gasteiger partial charge >= 0.3 is 0 Å². The Balaban J connectivity index is 2.21. The van der Waals surface area contributed by atoms with Crippen molar-refractivity contribution in [3.05, 3.63) is 10.6 Å². The molecule has 0 aromatic carbocycles. The summed E-state index contributed by atoms with van der Waals surface area (Å²) in [7, 11) is 0. The Hall–Kier alpha value is -0.650. The van der Waals surface area contributed by atoms with Gasteiger partial charge in [-0.15, -0.1) is 11.3 Å². The van der Waals surface area contributed by atoms with Crippen LogP contribution in [0.3, 0.4) is 0 Å². The fraction of sp³-hybridized carbons (Fsp3) is 0.812. The van der Waals surface area contributed by atoms with Crippen molar-refractivity contribution in [1.82, 2.24) is 10.3 Å². The van der Waals surface area contributed by atoms with Gasteiger partial charge in [-0.2, -0.15) is 0 Å². The average molecular weight is 311 g/mol. The zero-order valence-electron chi connectivity index (χ0n) is 14.1. The lowest BCUT2D eigenvalue weighted by atomic mass is 10.1. The van der Waals surface area contributed by atoms with Crippen LogP contribution in [0, 0.1) is 0 Å². The van der Waals surface area contributed by atoms with Crippen molar-refractivity contribution >= 4 is 16.5 Å². The number of aromatic nitrogens is 1. The molecule has 2 unspecified atom stereocenters. The van der Waals surface area contributed by atoms with Crippen LogP contribution in [0.5, 0.6) is 0 Å². The van der Waals surface area contributed by atoms with Gasteiger partial charge in [0, 0.05) is 24.0 Å². The van der Waals surface area contributed by atoms with Crippen LogP contribution in [-0.4, -0.2) is 36.3 Å². The average Bonchev–Trinajstić information content (AvgIpc) is 2.83. The van der Waals surface area contributed by atoms with Gasteiger partial charge in [0.15, 0.2) is 5.13 Å². The highest BCUT2D eigenvalue weighted by Gasteiger charge is 2.27. The number of thiazole rings is 1. The Morgan fingerprint density at radius 3 is 2.67 bits per heavy atom. The molecule has 1 aliphatic heterocycles. The van der Waals surface area contributed by atoms with Crippen LogP contribution < -0.4 is 10.2 Å². The monoisotopic (exact) mass is 311 g/mol. The first-order chi connectivity index (χ1) is 9.88. The number of hydrogen-bond acceptors (Lipinski definition) is 5. The lowest BCUT2D eigenvalue weighted by Crippen LogP contribution is -2.47. The van der Waals surface area contributed by atoms with Gasteiger partial charge in [-0.1, -0.05) is 27.7 Å². The first kappa shape index (κ1) is 16.7. The van der Waals surface area contributed by atoms with Crippen LogP contribution >= 0.6 is 11.3 Å². The van der Waals surface area contributed by atoms with Gasteiger partial charge in [-0.05, 0) is 19.8 Å². The van der Waals surface area contributed by atoms with Crippen LogP contribution in [0.1, 0.15) is 58.0 Å². The maximum absolute atomic E-state index is 5.73. The summed E-state index contributed by atoms with van der Waals surface area (Å²) in [6, 6.07) is 0.899. The van der Waals surface area contributed by atoms with E-state index >= 15 is 0 Å². The van der Waals surface area contributed by atoms with Crippen LogP contribution in [-0.2, 0) is 11.3 Å². The number of anilines is 1. The van der Waals surface area contributed by atoms with E-state index in [1.54, 1.807) is 0 Å². The molecule has 1 aliphatic rings. The molecular weight excluding hydrogens is 282 g/mol. The lowest BCUT2D eigenvalue weighted by Gasteiger charge is -2.36. The zero-order chi connectivity index (χ0) is 15.6. The summed E-state index contributed by atoms with van der Waals surface area (Å²) in [6.45, 7) is 15.8. The van der Waals surface area contributed by atoms with Gasteiger partial charge in [0.05, 0.1) is 24.4 Å². The van der Waals surface area contributed by atoms with Gasteiger partial charge < -0.3 is 15.0 Å². The minimum atomic E-state index is 0.282. The van der Waals surface area contributed by atoms with Crippen LogP contribution in [0.2, 0.25) is 0 Å². The molecule has 0 amide bonds. The first-order valence-electron chi connectivity index (χ1n) is 7.99. The number of nitrogens with zero attached hydrogens (tertiary/aromatic N) is 2. The molecule has 1 saturated heterocycles. The molecule has 0 aliphatic carbocycles. The van der Waals surface area contributed by atoms with E-state index < -0.39 is 0 Å². The Morgan fingerprint density at radius 1 is 1.33 bits per heavy atom. The second kappa shape index (κ2) is 7.07. The third-order valence-electron chi connectivity index (χ3n) is 3.79. The van der Waals surface area contributed by atoms with Gasteiger partial charge in [0.2, 0.25) is 0 Å². The molecule has 1 aromatic heterocycles. The van der Waals surface area contributed by atoms with Gasteiger partial charge in [0.1, 0.15) is 0 Å². The Labute approximate surface area is 132 Å². The van der Waals surface area contributed by atoms with Crippen LogP contribution in [0.4, 0.5) is 5.13 Å². The standard InChI is InChI=1S/C16H29N3OS/c1-10(2)15-14(7-17-11(3)4)21-16(18-15)19-8-13(6)20-9-12(19)5/h10-13,17H,7-9H2,1-6H3. The zero-order valence-corrected chi connectivity index (χ0v) is 15.0. The van der Waals surface area contributed by atoms with Crippen LogP contribution in [0.15, 0.2) is 0 Å². The van der Waals surface area contributed by atoms with Gasteiger partial charge in [0.25, 0.3) is 0 Å². The fourth-order valence-corrected chi connectivity index (χ4v) is 3.80. The smallest absolute Gasteiger partial charge is 0.186 e. The minimum Gasteiger partial charge on any atom is -0.375 e. The third-order valence-corrected chi connectivity index (χ3v) is 4.90. The van der Waals surface area contributed by atoms with Crippen molar-refractivity contribution in [1.29, 1.82) is 0 Å². The maximum Gasteiger partial charge on any atom is 0.186 e. The number of ether oxygens (including phenoxy) is 1. The predicted molar refractivity (Wildman–Crippen MR) is 90.4 cm³/mol. The summed E-state index contributed by atoms with van der Waals surface area (Å²) in [6.07, 6.45) is 0.282. The summed E-state index contributed by atoms with van der Waals surface area (Å²) < 4.78 is 5.73. The van der Waals surface area contributed by atoms with Gasteiger partial charge in [-0.25, -0.2) is 4.98 Å². The van der Waals surface area contributed by atoms with Crippen molar-refractivity contribution in [2.45, 2.75) is 72.2 Å². The molecule has 1 aromatic rings. The maximum atomic E-state index is 5.73. The molecule has 2 atom stereocenters. The summed E-state index contributed by atoms with van der Waals surface area (Å²) in [4.78, 5) is 8.73. The summed E-state index contributed by atoms with van der Waals surface area (Å²) in [5.74, 6) is 0.465. The van der Waals surface area contributed by atoms with E-state index in [0.717, 1.165) is 24.8 Å². The largest absolute Gasteiger partial charge is 0.375 e. The summed E-state index contributed by atoms with van der Waals surface area (Å²) in [5.41, 5.74) is 1.24. The summed E-state index contributed by atoms with van der Waals surface area (Å²) >= 11 is 1.84. The van der Waals surface area contributed by atoms with E-state index in [4.69, 9.17) is 9.72 Å². The highest BCUT2D eigenvalue weighted by molar-refractivity contribution is 7.15. The van der Waals surface area contributed by atoms with E-state index in [1.807, 2.05) is 11.3 Å². The number of nitrogens with one attached hydrogen (secondary N) is 1. The van der Waals surface area contributed by atoms with Crippen molar-refractivity contribution in [2.24, 2.45) is 0 Å². The molecule has 0 spiro atoms. The second-order valence-corrected chi connectivity index (χ2v) is 7.70. The molecule has 21 heavy (non-hydrogen) atoms. The van der Waals surface area contributed by atoms with Crippen molar-refractivity contribution in [2.75, 3.05) is 18.1 Å². The van der Waals surface area contributed by atoms with Crippen molar-refractivity contribution in [3.63, 3.8) is 0 Å². The molecule has 0 radical (unpaired) electrons. The van der Waals surface area contributed by atoms with E-state index in [-0.39, 0.29) is 6.10 Å². The molecule has 0 bridgehead atoms. The lowest BCUT2D eigenvalue weighted by molar-refractivity contribution is 0.0343. The Bertz CT molecular complexity index is 458. The van der Waals surface area contributed by atoms with Crippen molar-refractivity contribution < 1.29 is 4.74 Å². The molecule has 120 valence electrons. The molecule has 1 fully saturated rings. The quantitative estimate of drug-likeness (QED) is 0.904. The molecule has 2 rings (SSSR count). The van der Waals surface area contributed by atoms with Crippen LogP contribution in [0.25, 0.3) is 0 Å². The van der Waals surface area contributed by atoms with Gasteiger partial charge in [-0.3, -0.25) is 0 Å². The highest BCUT2D eigenvalue weighted by atomic mass is 32.1. The molecular formula is C16H29N3OS. The predicted octanol–water partition coefficient (Wildman–Crippen LogP) is 3.38. The number of rotatable bonds is 5. The molecule has 2 heterocycles. The molecule has 1 N–H and O–H groups in total. The number of hydrogen-bond donors (Lipinski definition) is 1. The normalized spacial score (nSPS) is 23.3. The van der Waals surface area contributed by atoms with Crippen molar-refractivity contribution in [3.8, 4) is 0 Å². The Kier molecular flexibility index (Phi) is 5.63. The topological polar surface area (TPSA) is 37.4 Å². The minimum absolute atomic E-state index is 0.282. The fourth-order valence-electron chi connectivity index (χ4n) is 2.52.